The van der Waals surface area contributed by atoms with E-state index in [1.165, 1.54) is 0 Å². The van der Waals surface area contributed by atoms with Gasteiger partial charge < -0.3 is 19.5 Å². The lowest BCUT2D eigenvalue weighted by molar-refractivity contribution is 0.0108. The zero-order chi connectivity index (χ0) is 18.6. The summed E-state index contributed by atoms with van der Waals surface area (Å²) in [5.74, 6) is 0.573. The van der Waals surface area contributed by atoms with Crippen LogP contribution in [0.15, 0.2) is 30.3 Å². The quantitative estimate of drug-likeness (QED) is 0.811. The maximum atomic E-state index is 12.7. The molecule has 0 saturated carbocycles. The Morgan fingerprint density at radius 3 is 2.93 bits per heavy atom. The maximum absolute atomic E-state index is 12.7. The van der Waals surface area contributed by atoms with Crippen molar-refractivity contribution in [2.45, 2.75) is 12.1 Å². The van der Waals surface area contributed by atoms with Crippen molar-refractivity contribution in [1.82, 2.24) is 20.4 Å². The summed E-state index contributed by atoms with van der Waals surface area (Å²) >= 11 is 0. The van der Waals surface area contributed by atoms with E-state index in [0.717, 1.165) is 37.6 Å². The third-order valence-corrected chi connectivity index (χ3v) is 5.07. The summed E-state index contributed by atoms with van der Waals surface area (Å²) in [6, 6.07) is 9.47. The predicted molar refractivity (Wildman–Crippen MR) is 98.8 cm³/mol. The summed E-state index contributed by atoms with van der Waals surface area (Å²) in [5.41, 5.74) is 2.02. The van der Waals surface area contributed by atoms with Crippen LogP contribution in [0.5, 0.6) is 5.75 Å². The van der Waals surface area contributed by atoms with E-state index < -0.39 is 0 Å². The number of nitrogens with zero attached hydrogens (tertiary/aromatic N) is 2. The zero-order valence-electron chi connectivity index (χ0n) is 15.3. The second-order valence-electron chi connectivity index (χ2n) is 6.73. The number of aromatic nitrogens is 2. The lowest BCUT2D eigenvalue weighted by atomic mass is 10.1. The van der Waals surface area contributed by atoms with Crippen molar-refractivity contribution in [3.05, 3.63) is 36.0 Å². The Balaban J connectivity index is 1.43. The Kier molecular flexibility index (Phi) is 5.38. The van der Waals surface area contributed by atoms with Crippen LogP contribution in [0.1, 0.15) is 10.5 Å². The van der Waals surface area contributed by atoms with Gasteiger partial charge in [0.1, 0.15) is 11.4 Å². The number of carbonyl (C=O) groups is 1. The van der Waals surface area contributed by atoms with Gasteiger partial charge in [-0.05, 0) is 18.2 Å². The Hall–Kier alpha value is -2.42. The van der Waals surface area contributed by atoms with E-state index in [4.69, 9.17) is 14.2 Å². The van der Waals surface area contributed by atoms with Crippen molar-refractivity contribution in [3.63, 3.8) is 0 Å². The average Bonchev–Trinajstić information content (AvgIpc) is 3.38. The highest BCUT2D eigenvalue weighted by Gasteiger charge is 2.35. The number of hydrogen-bond donors (Lipinski definition) is 2. The lowest BCUT2D eigenvalue weighted by Crippen LogP contribution is -2.54. The largest absolute Gasteiger partial charge is 0.497 e. The van der Waals surface area contributed by atoms with Crippen molar-refractivity contribution < 1.29 is 19.0 Å². The van der Waals surface area contributed by atoms with Gasteiger partial charge in [-0.2, -0.15) is 5.10 Å². The molecule has 27 heavy (non-hydrogen) atoms. The van der Waals surface area contributed by atoms with Crippen LogP contribution in [0.25, 0.3) is 11.3 Å². The fraction of sp³-hybridized carbons (Fsp3) is 0.474. The standard InChI is InChI=1S/C19H24N4O4/c1-25-14-4-2-3-13(9-14)15-10-16(22-21-15)19(24)20-17-11-27-12-18(17)23-5-7-26-8-6-23/h2-4,9-10,17-18H,5-8,11-12H2,1H3,(H,20,24)(H,21,22)/t17-,18-/m0/s1. The number of aromatic amines is 1. The maximum Gasteiger partial charge on any atom is 0.269 e. The summed E-state index contributed by atoms with van der Waals surface area (Å²) in [7, 11) is 1.62. The number of hydrogen-bond acceptors (Lipinski definition) is 6. The molecule has 8 nitrogen and oxygen atoms in total. The molecule has 2 aromatic rings. The van der Waals surface area contributed by atoms with Crippen molar-refractivity contribution in [3.8, 4) is 17.0 Å². The molecule has 0 bridgehead atoms. The topological polar surface area (TPSA) is 88.7 Å². The minimum atomic E-state index is -0.176. The molecular formula is C19H24N4O4. The van der Waals surface area contributed by atoms with E-state index in [9.17, 15) is 4.79 Å². The van der Waals surface area contributed by atoms with Crippen LogP contribution >= 0.6 is 0 Å². The monoisotopic (exact) mass is 372 g/mol. The number of benzene rings is 1. The van der Waals surface area contributed by atoms with Gasteiger partial charge in [0.25, 0.3) is 5.91 Å². The summed E-state index contributed by atoms with van der Waals surface area (Å²) in [6.45, 7) is 4.33. The average molecular weight is 372 g/mol. The van der Waals surface area contributed by atoms with Gasteiger partial charge in [-0.1, -0.05) is 12.1 Å². The molecule has 2 aliphatic heterocycles. The van der Waals surface area contributed by atoms with E-state index in [0.29, 0.717) is 24.6 Å². The summed E-state index contributed by atoms with van der Waals surface area (Å²) < 4.78 is 16.3. The highest BCUT2D eigenvalue weighted by Crippen LogP contribution is 2.23. The molecule has 4 rings (SSSR count). The molecule has 8 heteroatoms. The first kappa shape index (κ1) is 18.0. The van der Waals surface area contributed by atoms with Crippen molar-refractivity contribution in [2.24, 2.45) is 0 Å². The molecule has 2 atom stereocenters. The number of ether oxygens (including phenoxy) is 3. The van der Waals surface area contributed by atoms with E-state index >= 15 is 0 Å². The Morgan fingerprint density at radius 2 is 2.11 bits per heavy atom. The first-order chi connectivity index (χ1) is 13.2. The normalized spacial score (nSPS) is 23.3. The Labute approximate surface area is 157 Å². The van der Waals surface area contributed by atoms with Crippen molar-refractivity contribution in [1.29, 1.82) is 0 Å². The fourth-order valence-corrected chi connectivity index (χ4v) is 3.56. The second kappa shape index (κ2) is 8.08. The Morgan fingerprint density at radius 1 is 1.26 bits per heavy atom. The van der Waals surface area contributed by atoms with E-state index in [-0.39, 0.29) is 18.0 Å². The number of amides is 1. The molecule has 0 unspecified atom stereocenters. The molecule has 144 valence electrons. The number of carbonyl (C=O) groups excluding carboxylic acids is 1. The van der Waals surface area contributed by atoms with Gasteiger partial charge in [0.15, 0.2) is 0 Å². The molecule has 2 aliphatic rings. The fourth-order valence-electron chi connectivity index (χ4n) is 3.56. The van der Waals surface area contributed by atoms with Gasteiger partial charge in [-0.15, -0.1) is 0 Å². The van der Waals surface area contributed by atoms with E-state index in [1.807, 2.05) is 24.3 Å². The highest BCUT2D eigenvalue weighted by molar-refractivity contribution is 5.93. The molecule has 1 amide bonds. The minimum absolute atomic E-state index is 0.0424. The van der Waals surface area contributed by atoms with Crippen LogP contribution in [-0.2, 0) is 9.47 Å². The summed E-state index contributed by atoms with van der Waals surface area (Å²) in [4.78, 5) is 15.0. The Bertz CT molecular complexity index is 788. The smallest absolute Gasteiger partial charge is 0.269 e. The van der Waals surface area contributed by atoms with Gasteiger partial charge in [0.2, 0.25) is 0 Å². The summed E-state index contributed by atoms with van der Waals surface area (Å²) in [5, 5.41) is 10.2. The van der Waals surface area contributed by atoms with Crippen LogP contribution in [0, 0.1) is 0 Å². The zero-order valence-corrected chi connectivity index (χ0v) is 15.3. The SMILES string of the molecule is COc1cccc(-c2cc(C(=O)N[C@H]3COC[C@@H]3N3CCOCC3)[nH]n2)c1. The van der Waals surface area contributed by atoms with Gasteiger partial charge in [-0.25, -0.2) is 0 Å². The molecule has 2 fully saturated rings. The number of H-pyrrole nitrogens is 1. The van der Waals surface area contributed by atoms with Crippen LogP contribution < -0.4 is 10.1 Å². The third-order valence-electron chi connectivity index (χ3n) is 5.07. The van der Waals surface area contributed by atoms with Gasteiger partial charge in [-0.3, -0.25) is 14.8 Å². The molecule has 3 heterocycles. The van der Waals surface area contributed by atoms with E-state index in [1.54, 1.807) is 13.2 Å². The first-order valence-electron chi connectivity index (χ1n) is 9.15. The van der Waals surface area contributed by atoms with Crippen molar-refractivity contribution >= 4 is 5.91 Å². The lowest BCUT2D eigenvalue weighted by Gasteiger charge is -2.34. The van der Waals surface area contributed by atoms with Crippen molar-refractivity contribution in [2.75, 3.05) is 46.6 Å². The molecule has 0 aliphatic carbocycles. The second-order valence-corrected chi connectivity index (χ2v) is 6.73. The predicted octanol–water partition coefficient (Wildman–Crippen LogP) is 0.915. The van der Waals surface area contributed by atoms with Gasteiger partial charge >= 0.3 is 0 Å². The molecule has 0 spiro atoms. The first-order valence-corrected chi connectivity index (χ1v) is 9.15. The highest BCUT2D eigenvalue weighted by atomic mass is 16.5. The van der Waals surface area contributed by atoms with Gasteiger partial charge in [0, 0.05) is 18.7 Å². The number of morpholine rings is 1. The number of methoxy groups -OCH3 is 1. The molecule has 2 N–H and O–H groups in total. The molecule has 1 aromatic heterocycles. The molecule has 0 radical (unpaired) electrons. The van der Waals surface area contributed by atoms with Crippen LogP contribution in [0.4, 0.5) is 0 Å². The molecular weight excluding hydrogens is 348 g/mol. The number of nitrogens with one attached hydrogen (secondary N) is 2. The van der Waals surface area contributed by atoms with Crippen LogP contribution in [-0.4, -0.2) is 79.7 Å². The molecule has 2 saturated heterocycles. The minimum Gasteiger partial charge on any atom is -0.497 e. The van der Waals surface area contributed by atoms with Crippen LogP contribution in [0.3, 0.4) is 0 Å². The molecule has 1 aromatic carbocycles. The third kappa shape index (κ3) is 3.97. The summed E-state index contributed by atoms with van der Waals surface area (Å²) in [6.07, 6.45) is 0. The van der Waals surface area contributed by atoms with Crippen LogP contribution in [0.2, 0.25) is 0 Å². The van der Waals surface area contributed by atoms with Gasteiger partial charge in [0.05, 0.1) is 51.3 Å². The van der Waals surface area contributed by atoms with E-state index in [2.05, 4.69) is 20.4 Å². The number of rotatable bonds is 5.